The van der Waals surface area contributed by atoms with Crippen molar-refractivity contribution in [3.63, 3.8) is 0 Å². The molecular formula is C14H13ClFNOS. The molecule has 0 aromatic heterocycles. The number of rotatable bonds is 3. The zero-order valence-corrected chi connectivity index (χ0v) is 11.9. The monoisotopic (exact) mass is 297 g/mol. The number of hydrogen-bond donors (Lipinski definition) is 1. The van der Waals surface area contributed by atoms with Crippen LogP contribution in [0.2, 0.25) is 5.02 Å². The number of anilines is 1. The Morgan fingerprint density at radius 3 is 2.68 bits per heavy atom. The van der Waals surface area contributed by atoms with Gasteiger partial charge in [0, 0.05) is 10.6 Å². The summed E-state index contributed by atoms with van der Waals surface area (Å²) in [7, 11) is -1.31. The van der Waals surface area contributed by atoms with Crippen molar-refractivity contribution in [2.75, 3.05) is 5.73 Å². The van der Waals surface area contributed by atoms with Crippen molar-refractivity contribution >= 4 is 28.1 Å². The van der Waals surface area contributed by atoms with Crippen molar-refractivity contribution < 1.29 is 8.60 Å². The van der Waals surface area contributed by atoms with Crippen molar-refractivity contribution in [2.45, 2.75) is 17.6 Å². The Kier molecular flexibility index (Phi) is 4.22. The second kappa shape index (κ2) is 5.72. The molecule has 0 bridgehead atoms. The van der Waals surface area contributed by atoms with Crippen LogP contribution in [0.15, 0.2) is 41.3 Å². The van der Waals surface area contributed by atoms with Gasteiger partial charge in [0.15, 0.2) is 0 Å². The molecule has 0 radical (unpaired) electrons. The minimum atomic E-state index is -1.31. The predicted molar refractivity (Wildman–Crippen MR) is 77.1 cm³/mol. The van der Waals surface area contributed by atoms with Gasteiger partial charge in [-0.15, -0.1) is 0 Å². The summed E-state index contributed by atoms with van der Waals surface area (Å²) in [6.45, 7) is 1.82. The number of halogens is 2. The molecule has 0 aliphatic carbocycles. The number of benzene rings is 2. The molecule has 0 spiro atoms. The van der Waals surface area contributed by atoms with Gasteiger partial charge in [-0.25, -0.2) is 4.39 Å². The molecule has 2 N–H and O–H groups in total. The standard InChI is InChI=1S/C14H13ClFNOS/c1-9-12(17)6-3-7-13(9)19(18)8-10-4-2-5-11(16)14(10)15/h2-7H,8,17H2,1H3. The van der Waals surface area contributed by atoms with Crippen LogP contribution < -0.4 is 5.73 Å². The topological polar surface area (TPSA) is 43.1 Å². The lowest BCUT2D eigenvalue weighted by molar-refractivity contribution is 0.626. The minimum Gasteiger partial charge on any atom is -0.398 e. The Bertz CT molecular complexity index is 645. The van der Waals surface area contributed by atoms with Crippen LogP contribution in [-0.4, -0.2) is 4.21 Å². The fourth-order valence-electron chi connectivity index (χ4n) is 1.76. The van der Waals surface area contributed by atoms with Crippen LogP contribution in [-0.2, 0) is 16.6 Å². The Morgan fingerprint density at radius 2 is 1.95 bits per heavy atom. The highest BCUT2D eigenvalue weighted by atomic mass is 35.5. The number of nitrogens with two attached hydrogens (primary N) is 1. The van der Waals surface area contributed by atoms with Crippen LogP contribution in [0.4, 0.5) is 10.1 Å². The third-order valence-corrected chi connectivity index (χ3v) is 4.82. The van der Waals surface area contributed by atoms with E-state index in [1.807, 2.05) is 6.92 Å². The van der Waals surface area contributed by atoms with E-state index in [1.54, 1.807) is 30.3 Å². The molecule has 2 aromatic carbocycles. The second-order valence-electron chi connectivity index (χ2n) is 4.17. The van der Waals surface area contributed by atoms with E-state index in [4.69, 9.17) is 17.3 Å². The fourth-order valence-corrected chi connectivity index (χ4v) is 3.40. The van der Waals surface area contributed by atoms with E-state index in [2.05, 4.69) is 0 Å². The summed E-state index contributed by atoms with van der Waals surface area (Å²) < 4.78 is 25.6. The summed E-state index contributed by atoms with van der Waals surface area (Å²) in [4.78, 5) is 0.653. The Labute approximate surface area is 118 Å². The smallest absolute Gasteiger partial charge is 0.142 e. The van der Waals surface area contributed by atoms with Gasteiger partial charge in [0.25, 0.3) is 0 Å². The quantitative estimate of drug-likeness (QED) is 0.878. The molecule has 0 saturated heterocycles. The van der Waals surface area contributed by atoms with Gasteiger partial charge in [-0.05, 0) is 36.2 Å². The number of nitrogen functional groups attached to an aromatic ring is 1. The minimum absolute atomic E-state index is 0.0254. The third-order valence-electron chi connectivity index (χ3n) is 2.89. The highest BCUT2D eigenvalue weighted by Crippen LogP contribution is 2.25. The zero-order valence-electron chi connectivity index (χ0n) is 10.3. The molecule has 1 atom stereocenters. The Morgan fingerprint density at radius 1 is 1.26 bits per heavy atom. The van der Waals surface area contributed by atoms with Crippen molar-refractivity contribution in [3.8, 4) is 0 Å². The van der Waals surface area contributed by atoms with Crippen molar-refractivity contribution in [1.29, 1.82) is 0 Å². The fraction of sp³-hybridized carbons (Fsp3) is 0.143. The molecule has 0 heterocycles. The summed E-state index contributed by atoms with van der Waals surface area (Å²) in [5.74, 6) is -0.332. The molecule has 0 amide bonds. The van der Waals surface area contributed by atoms with E-state index in [0.717, 1.165) is 5.56 Å². The largest absolute Gasteiger partial charge is 0.398 e. The van der Waals surface area contributed by atoms with E-state index in [-0.39, 0.29) is 10.8 Å². The van der Waals surface area contributed by atoms with Gasteiger partial charge in [0.2, 0.25) is 0 Å². The predicted octanol–water partition coefficient (Wildman–Crippen LogP) is 3.68. The van der Waals surface area contributed by atoms with E-state index in [1.165, 1.54) is 6.07 Å². The number of hydrogen-bond acceptors (Lipinski definition) is 2. The highest BCUT2D eigenvalue weighted by Gasteiger charge is 2.13. The molecule has 2 rings (SSSR count). The molecule has 1 unspecified atom stereocenters. The Hall–Kier alpha value is -1.39. The maximum absolute atomic E-state index is 13.3. The van der Waals surface area contributed by atoms with Gasteiger partial charge in [-0.2, -0.15) is 0 Å². The summed E-state index contributed by atoms with van der Waals surface area (Å²) >= 11 is 5.86. The maximum atomic E-state index is 13.3. The van der Waals surface area contributed by atoms with Crippen molar-refractivity contribution in [2.24, 2.45) is 0 Å². The lowest BCUT2D eigenvalue weighted by Gasteiger charge is -2.09. The van der Waals surface area contributed by atoms with Gasteiger partial charge in [-0.3, -0.25) is 4.21 Å². The van der Waals surface area contributed by atoms with Crippen LogP contribution in [0.5, 0.6) is 0 Å². The lowest BCUT2D eigenvalue weighted by atomic mass is 10.2. The van der Waals surface area contributed by atoms with E-state index < -0.39 is 16.6 Å². The molecule has 0 aliphatic rings. The van der Waals surface area contributed by atoms with Gasteiger partial charge >= 0.3 is 0 Å². The first-order chi connectivity index (χ1) is 9.00. The molecule has 100 valence electrons. The summed E-state index contributed by atoms with van der Waals surface area (Å²) in [5.41, 5.74) is 7.69. The van der Waals surface area contributed by atoms with Crippen molar-refractivity contribution in [1.82, 2.24) is 0 Å². The average Bonchev–Trinajstić information content (AvgIpc) is 2.38. The lowest BCUT2D eigenvalue weighted by Crippen LogP contribution is -2.02. The molecule has 2 aromatic rings. The van der Waals surface area contributed by atoms with E-state index >= 15 is 0 Å². The van der Waals surface area contributed by atoms with Gasteiger partial charge in [-0.1, -0.05) is 29.8 Å². The van der Waals surface area contributed by atoms with Crippen LogP contribution >= 0.6 is 11.6 Å². The molecule has 0 saturated carbocycles. The first-order valence-corrected chi connectivity index (χ1v) is 7.36. The maximum Gasteiger partial charge on any atom is 0.142 e. The Balaban J connectivity index is 2.31. The van der Waals surface area contributed by atoms with Crippen LogP contribution in [0.3, 0.4) is 0 Å². The van der Waals surface area contributed by atoms with Crippen LogP contribution in [0, 0.1) is 12.7 Å². The average molecular weight is 298 g/mol. The van der Waals surface area contributed by atoms with Crippen LogP contribution in [0.25, 0.3) is 0 Å². The second-order valence-corrected chi connectivity index (χ2v) is 5.97. The SMILES string of the molecule is Cc1c(N)cccc1S(=O)Cc1cccc(F)c1Cl. The molecule has 0 fully saturated rings. The summed E-state index contributed by atoms with van der Waals surface area (Å²) in [6.07, 6.45) is 0. The molecule has 5 heteroatoms. The zero-order chi connectivity index (χ0) is 14.0. The van der Waals surface area contributed by atoms with E-state index in [0.29, 0.717) is 16.1 Å². The molecule has 0 aliphatic heterocycles. The van der Waals surface area contributed by atoms with Crippen molar-refractivity contribution in [3.05, 3.63) is 58.4 Å². The molecule has 19 heavy (non-hydrogen) atoms. The molecule has 2 nitrogen and oxygen atoms in total. The summed E-state index contributed by atoms with van der Waals surface area (Å²) in [6, 6.07) is 9.77. The first kappa shape index (κ1) is 14.0. The van der Waals surface area contributed by atoms with Gasteiger partial charge in [0.1, 0.15) is 5.82 Å². The van der Waals surface area contributed by atoms with Gasteiger partial charge < -0.3 is 5.73 Å². The first-order valence-electron chi connectivity index (χ1n) is 5.67. The van der Waals surface area contributed by atoms with Gasteiger partial charge in [0.05, 0.1) is 21.6 Å². The van der Waals surface area contributed by atoms with Crippen LogP contribution in [0.1, 0.15) is 11.1 Å². The highest BCUT2D eigenvalue weighted by molar-refractivity contribution is 7.84. The third kappa shape index (κ3) is 2.96. The summed E-state index contributed by atoms with van der Waals surface area (Å²) in [5, 5.41) is 0.0254. The molecular weight excluding hydrogens is 285 g/mol. The van der Waals surface area contributed by atoms with E-state index in [9.17, 15) is 8.60 Å². The normalized spacial score (nSPS) is 12.4.